The number of amides is 2. The first-order chi connectivity index (χ1) is 9.83. The molecule has 0 saturated heterocycles. The Kier molecular flexibility index (Phi) is 6.04. The van der Waals surface area contributed by atoms with E-state index in [4.69, 9.17) is 10.00 Å². The third-order valence-electron chi connectivity index (χ3n) is 3.08. The van der Waals surface area contributed by atoms with E-state index >= 15 is 0 Å². The average molecular weight is 289 g/mol. The van der Waals surface area contributed by atoms with Gasteiger partial charge in [-0.05, 0) is 44.9 Å². The van der Waals surface area contributed by atoms with Crippen molar-refractivity contribution in [2.24, 2.45) is 5.92 Å². The zero-order valence-corrected chi connectivity index (χ0v) is 13.2. The Labute approximate surface area is 126 Å². The van der Waals surface area contributed by atoms with E-state index in [0.29, 0.717) is 22.9 Å². The van der Waals surface area contributed by atoms with Gasteiger partial charge < -0.3 is 15.4 Å². The molecule has 0 spiro atoms. The number of carbonyl (C=O) groups is 1. The molecule has 0 heterocycles. The fourth-order valence-corrected chi connectivity index (χ4v) is 1.59. The summed E-state index contributed by atoms with van der Waals surface area (Å²) in [6.07, 6.45) is -0.0175. The molecule has 2 amide bonds. The van der Waals surface area contributed by atoms with Crippen molar-refractivity contribution in [1.29, 1.82) is 5.26 Å². The summed E-state index contributed by atoms with van der Waals surface area (Å²) < 4.78 is 5.65. The van der Waals surface area contributed by atoms with Crippen LogP contribution in [0.4, 0.5) is 10.5 Å². The van der Waals surface area contributed by atoms with Crippen LogP contribution in [0.3, 0.4) is 0 Å². The maximum atomic E-state index is 12.0. The number of rotatable bonds is 5. The highest BCUT2D eigenvalue weighted by atomic mass is 16.5. The Morgan fingerprint density at radius 2 is 1.90 bits per heavy atom. The summed E-state index contributed by atoms with van der Waals surface area (Å²) in [5.41, 5.74) is 0.967. The van der Waals surface area contributed by atoms with E-state index in [-0.39, 0.29) is 18.2 Å². The lowest BCUT2D eigenvalue weighted by molar-refractivity contribution is 0.240. The number of nitriles is 1. The lowest BCUT2D eigenvalue weighted by Gasteiger charge is -2.19. The monoisotopic (exact) mass is 289 g/mol. The predicted molar refractivity (Wildman–Crippen MR) is 83.4 cm³/mol. The van der Waals surface area contributed by atoms with Crippen molar-refractivity contribution >= 4 is 11.7 Å². The molecule has 5 nitrogen and oxygen atoms in total. The minimum absolute atomic E-state index is 0.0175. The SMILES string of the molecule is CC(C)Oc1ccc(C#N)cc1NC(=O)N[C@H](C)C(C)C. The molecule has 1 atom stereocenters. The van der Waals surface area contributed by atoms with Crippen LogP contribution < -0.4 is 15.4 Å². The van der Waals surface area contributed by atoms with E-state index in [9.17, 15) is 4.79 Å². The van der Waals surface area contributed by atoms with Crippen LogP contribution in [0, 0.1) is 17.2 Å². The third-order valence-corrected chi connectivity index (χ3v) is 3.08. The number of hydrogen-bond acceptors (Lipinski definition) is 3. The van der Waals surface area contributed by atoms with Crippen molar-refractivity contribution in [2.75, 3.05) is 5.32 Å². The molecular formula is C16H23N3O2. The van der Waals surface area contributed by atoms with Crippen LogP contribution in [0.1, 0.15) is 40.2 Å². The van der Waals surface area contributed by atoms with Crippen molar-refractivity contribution in [3.8, 4) is 11.8 Å². The second kappa shape index (κ2) is 7.53. The molecule has 0 aliphatic rings. The van der Waals surface area contributed by atoms with Gasteiger partial charge in [-0.2, -0.15) is 5.26 Å². The van der Waals surface area contributed by atoms with Gasteiger partial charge in [0, 0.05) is 6.04 Å². The zero-order chi connectivity index (χ0) is 16.0. The summed E-state index contributed by atoms with van der Waals surface area (Å²) in [5, 5.41) is 14.6. The number of nitrogens with zero attached hydrogens (tertiary/aromatic N) is 1. The number of benzene rings is 1. The molecule has 0 aliphatic carbocycles. The normalized spacial score (nSPS) is 11.9. The largest absolute Gasteiger partial charge is 0.489 e. The van der Waals surface area contributed by atoms with Crippen LogP contribution in [0.5, 0.6) is 5.75 Å². The molecule has 2 N–H and O–H groups in total. The predicted octanol–water partition coefficient (Wildman–Crippen LogP) is 3.51. The number of anilines is 1. The molecule has 1 rings (SSSR count). The first kappa shape index (κ1) is 16.8. The Bertz CT molecular complexity index is 533. The molecule has 0 aliphatic heterocycles. The Morgan fingerprint density at radius 3 is 2.43 bits per heavy atom. The molecule has 1 aromatic carbocycles. The topological polar surface area (TPSA) is 74.1 Å². The fourth-order valence-electron chi connectivity index (χ4n) is 1.59. The second-order valence-corrected chi connectivity index (χ2v) is 5.62. The Morgan fingerprint density at radius 1 is 1.24 bits per heavy atom. The van der Waals surface area contributed by atoms with Crippen LogP contribution in [0.15, 0.2) is 18.2 Å². The summed E-state index contributed by atoms with van der Waals surface area (Å²) in [4.78, 5) is 12.0. The van der Waals surface area contributed by atoms with E-state index in [1.165, 1.54) is 0 Å². The third kappa shape index (κ3) is 5.35. The first-order valence-electron chi connectivity index (χ1n) is 7.11. The lowest BCUT2D eigenvalue weighted by Crippen LogP contribution is -2.39. The molecule has 0 unspecified atom stereocenters. The highest BCUT2D eigenvalue weighted by Gasteiger charge is 2.14. The van der Waals surface area contributed by atoms with Gasteiger partial charge in [0.15, 0.2) is 0 Å². The summed E-state index contributed by atoms with van der Waals surface area (Å²) in [6, 6.07) is 6.77. The molecule has 1 aromatic rings. The van der Waals surface area contributed by atoms with Gasteiger partial charge in [0.1, 0.15) is 5.75 Å². The summed E-state index contributed by atoms with van der Waals surface area (Å²) in [6.45, 7) is 9.83. The van der Waals surface area contributed by atoms with Crippen molar-refractivity contribution in [3.63, 3.8) is 0 Å². The minimum Gasteiger partial charge on any atom is -0.489 e. The summed E-state index contributed by atoms with van der Waals surface area (Å²) >= 11 is 0. The molecule has 21 heavy (non-hydrogen) atoms. The highest BCUT2D eigenvalue weighted by Crippen LogP contribution is 2.26. The number of carbonyl (C=O) groups excluding carboxylic acids is 1. The smallest absolute Gasteiger partial charge is 0.319 e. The maximum absolute atomic E-state index is 12.0. The van der Waals surface area contributed by atoms with E-state index in [1.807, 2.05) is 34.6 Å². The molecule has 0 bridgehead atoms. The fraction of sp³-hybridized carbons (Fsp3) is 0.500. The van der Waals surface area contributed by atoms with E-state index in [1.54, 1.807) is 18.2 Å². The van der Waals surface area contributed by atoms with Crippen molar-refractivity contribution in [3.05, 3.63) is 23.8 Å². The number of urea groups is 1. The van der Waals surface area contributed by atoms with E-state index < -0.39 is 0 Å². The van der Waals surface area contributed by atoms with Gasteiger partial charge in [0.05, 0.1) is 23.4 Å². The van der Waals surface area contributed by atoms with Gasteiger partial charge >= 0.3 is 6.03 Å². The van der Waals surface area contributed by atoms with Crippen LogP contribution >= 0.6 is 0 Å². The molecule has 114 valence electrons. The van der Waals surface area contributed by atoms with Gasteiger partial charge in [-0.15, -0.1) is 0 Å². The van der Waals surface area contributed by atoms with E-state index in [2.05, 4.69) is 16.7 Å². The minimum atomic E-state index is -0.306. The number of nitrogens with one attached hydrogen (secondary N) is 2. The second-order valence-electron chi connectivity index (χ2n) is 5.62. The van der Waals surface area contributed by atoms with Gasteiger partial charge in [0.2, 0.25) is 0 Å². The summed E-state index contributed by atoms with van der Waals surface area (Å²) in [5.74, 6) is 0.893. The van der Waals surface area contributed by atoms with Gasteiger partial charge in [-0.3, -0.25) is 0 Å². The van der Waals surface area contributed by atoms with Crippen LogP contribution in [0.25, 0.3) is 0 Å². The average Bonchev–Trinajstić information content (AvgIpc) is 2.39. The van der Waals surface area contributed by atoms with Gasteiger partial charge in [-0.25, -0.2) is 4.79 Å². The zero-order valence-electron chi connectivity index (χ0n) is 13.2. The molecule has 0 saturated carbocycles. The lowest BCUT2D eigenvalue weighted by atomic mass is 10.1. The van der Waals surface area contributed by atoms with E-state index in [0.717, 1.165) is 0 Å². The van der Waals surface area contributed by atoms with Gasteiger partial charge in [0.25, 0.3) is 0 Å². The van der Waals surface area contributed by atoms with Crippen LogP contribution in [0.2, 0.25) is 0 Å². The molecule has 5 heteroatoms. The van der Waals surface area contributed by atoms with Crippen molar-refractivity contribution in [1.82, 2.24) is 5.32 Å². The quantitative estimate of drug-likeness (QED) is 0.871. The number of ether oxygens (including phenoxy) is 1. The molecule has 0 aromatic heterocycles. The number of hydrogen-bond donors (Lipinski definition) is 2. The highest BCUT2D eigenvalue weighted by molar-refractivity contribution is 5.91. The van der Waals surface area contributed by atoms with Crippen molar-refractivity contribution < 1.29 is 9.53 Å². The maximum Gasteiger partial charge on any atom is 0.319 e. The Hall–Kier alpha value is -2.22. The summed E-state index contributed by atoms with van der Waals surface area (Å²) in [7, 11) is 0. The molecular weight excluding hydrogens is 266 g/mol. The molecule has 0 radical (unpaired) electrons. The first-order valence-corrected chi connectivity index (χ1v) is 7.11. The van der Waals surface area contributed by atoms with Gasteiger partial charge in [-0.1, -0.05) is 13.8 Å². The Balaban J connectivity index is 2.89. The van der Waals surface area contributed by atoms with Crippen LogP contribution in [-0.2, 0) is 0 Å². The van der Waals surface area contributed by atoms with Crippen LogP contribution in [-0.4, -0.2) is 18.2 Å². The standard InChI is InChI=1S/C16H23N3O2/c1-10(2)12(5)18-16(20)19-14-8-13(9-17)6-7-15(14)21-11(3)4/h6-8,10-12H,1-5H3,(H2,18,19,20)/t12-/m1/s1. The molecule has 0 fully saturated rings. The van der Waals surface area contributed by atoms with Crippen molar-refractivity contribution in [2.45, 2.75) is 46.8 Å².